The second-order valence-corrected chi connectivity index (χ2v) is 4.20. The lowest BCUT2D eigenvalue weighted by molar-refractivity contribution is 0.699. The number of rotatable bonds is 5. The van der Waals surface area contributed by atoms with Gasteiger partial charge in [0.2, 0.25) is 0 Å². The third-order valence-electron chi connectivity index (χ3n) is 2.68. The predicted octanol–water partition coefficient (Wildman–Crippen LogP) is 2.67. The largest absolute Gasteiger partial charge is 0.383 e. The molecule has 2 heteroatoms. The first kappa shape index (κ1) is 11.7. The highest BCUT2D eigenvalue weighted by molar-refractivity contribution is 5.42. The fraction of sp³-hybridized carbons (Fsp3) is 0.200. The monoisotopic (exact) mass is 226 g/mol. The third-order valence-corrected chi connectivity index (χ3v) is 2.68. The summed E-state index contributed by atoms with van der Waals surface area (Å²) in [5.41, 5.74) is 8.50. The predicted molar refractivity (Wildman–Crippen MR) is 73.1 cm³/mol. The minimum Gasteiger partial charge on any atom is -0.383 e. The second kappa shape index (κ2) is 6.06. The Labute approximate surface area is 102 Å². The van der Waals surface area contributed by atoms with Crippen molar-refractivity contribution in [3.05, 3.63) is 66.2 Å². The lowest BCUT2D eigenvalue weighted by Gasteiger charge is -2.13. The molecule has 1 atom stereocenters. The molecular weight excluding hydrogens is 208 g/mol. The van der Waals surface area contributed by atoms with Gasteiger partial charge in [-0.05, 0) is 24.1 Å². The molecule has 0 aromatic heterocycles. The van der Waals surface area contributed by atoms with E-state index < -0.39 is 0 Å². The normalized spacial score (nSPS) is 12.1. The maximum Gasteiger partial charge on any atom is 0.0340 e. The van der Waals surface area contributed by atoms with Crippen LogP contribution in [0, 0.1) is 0 Å². The van der Waals surface area contributed by atoms with Crippen LogP contribution < -0.4 is 11.1 Å². The molecule has 0 spiro atoms. The topological polar surface area (TPSA) is 38.0 Å². The standard InChI is InChI=1S/C15H18N2/c16-14(11-13-7-3-1-4-8-13)12-17-15-9-5-2-6-10-15/h1-10,14,17H,11-12,16H2/t14-/m0/s1. The first-order chi connectivity index (χ1) is 8.34. The summed E-state index contributed by atoms with van der Waals surface area (Å²) in [4.78, 5) is 0. The average molecular weight is 226 g/mol. The minimum absolute atomic E-state index is 0.137. The van der Waals surface area contributed by atoms with Gasteiger partial charge in [0.25, 0.3) is 0 Å². The maximum atomic E-state index is 6.09. The molecule has 0 bridgehead atoms. The zero-order chi connectivity index (χ0) is 11.9. The molecule has 0 amide bonds. The molecule has 0 saturated heterocycles. The first-order valence-corrected chi connectivity index (χ1v) is 5.93. The van der Waals surface area contributed by atoms with Crippen molar-refractivity contribution in [1.29, 1.82) is 0 Å². The second-order valence-electron chi connectivity index (χ2n) is 4.20. The van der Waals surface area contributed by atoms with Crippen molar-refractivity contribution < 1.29 is 0 Å². The Hall–Kier alpha value is -1.80. The van der Waals surface area contributed by atoms with E-state index in [1.807, 2.05) is 36.4 Å². The van der Waals surface area contributed by atoms with Gasteiger partial charge >= 0.3 is 0 Å². The van der Waals surface area contributed by atoms with Gasteiger partial charge in [-0.3, -0.25) is 0 Å². The summed E-state index contributed by atoms with van der Waals surface area (Å²) in [6.07, 6.45) is 0.903. The molecular formula is C15H18N2. The lowest BCUT2D eigenvalue weighted by atomic mass is 10.1. The van der Waals surface area contributed by atoms with Gasteiger partial charge in [-0.1, -0.05) is 48.5 Å². The fourth-order valence-corrected chi connectivity index (χ4v) is 1.79. The summed E-state index contributed by atoms with van der Waals surface area (Å²) in [7, 11) is 0. The van der Waals surface area contributed by atoms with Crippen LogP contribution in [0.2, 0.25) is 0 Å². The third kappa shape index (κ3) is 3.93. The van der Waals surface area contributed by atoms with Crippen LogP contribution >= 0.6 is 0 Å². The van der Waals surface area contributed by atoms with Crippen molar-refractivity contribution in [1.82, 2.24) is 0 Å². The van der Waals surface area contributed by atoms with Gasteiger partial charge in [0, 0.05) is 18.3 Å². The van der Waals surface area contributed by atoms with Crippen LogP contribution in [0.15, 0.2) is 60.7 Å². The van der Waals surface area contributed by atoms with Crippen LogP contribution in [0.1, 0.15) is 5.56 Å². The van der Waals surface area contributed by atoms with Crippen molar-refractivity contribution in [2.45, 2.75) is 12.5 Å². The summed E-state index contributed by atoms with van der Waals surface area (Å²) in [6, 6.07) is 20.6. The van der Waals surface area contributed by atoms with E-state index in [9.17, 15) is 0 Å². The van der Waals surface area contributed by atoms with Gasteiger partial charge in [0.05, 0.1) is 0 Å². The van der Waals surface area contributed by atoms with E-state index in [1.165, 1.54) is 5.56 Å². The zero-order valence-electron chi connectivity index (χ0n) is 9.84. The smallest absolute Gasteiger partial charge is 0.0340 e. The zero-order valence-corrected chi connectivity index (χ0v) is 9.84. The molecule has 0 radical (unpaired) electrons. The number of anilines is 1. The number of para-hydroxylation sites is 1. The van der Waals surface area contributed by atoms with Crippen molar-refractivity contribution in [2.24, 2.45) is 5.73 Å². The Kier molecular flexibility index (Phi) is 4.17. The summed E-state index contributed by atoms with van der Waals surface area (Å²) in [5, 5.41) is 3.34. The van der Waals surface area contributed by atoms with E-state index >= 15 is 0 Å². The van der Waals surface area contributed by atoms with Gasteiger partial charge in [0.1, 0.15) is 0 Å². The number of nitrogens with one attached hydrogen (secondary N) is 1. The van der Waals surface area contributed by atoms with Crippen LogP contribution in [0.25, 0.3) is 0 Å². The highest BCUT2D eigenvalue weighted by Crippen LogP contribution is 2.06. The molecule has 0 saturated carbocycles. The molecule has 0 aliphatic rings. The Morgan fingerprint density at radius 2 is 1.47 bits per heavy atom. The van der Waals surface area contributed by atoms with Crippen LogP contribution in [-0.4, -0.2) is 12.6 Å². The highest BCUT2D eigenvalue weighted by Gasteiger charge is 2.03. The van der Waals surface area contributed by atoms with E-state index in [0.29, 0.717) is 0 Å². The quantitative estimate of drug-likeness (QED) is 0.822. The van der Waals surface area contributed by atoms with Crippen molar-refractivity contribution in [3.8, 4) is 0 Å². The lowest BCUT2D eigenvalue weighted by Crippen LogP contribution is -2.31. The Morgan fingerprint density at radius 3 is 2.12 bits per heavy atom. The molecule has 17 heavy (non-hydrogen) atoms. The van der Waals surface area contributed by atoms with E-state index in [0.717, 1.165) is 18.7 Å². The summed E-state index contributed by atoms with van der Waals surface area (Å²) in [6.45, 7) is 0.791. The van der Waals surface area contributed by atoms with Gasteiger partial charge in [-0.25, -0.2) is 0 Å². The minimum atomic E-state index is 0.137. The van der Waals surface area contributed by atoms with E-state index in [2.05, 4.69) is 29.6 Å². The van der Waals surface area contributed by atoms with Gasteiger partial charge in [0.15, 0.2) is 0 Å². The molecule has 0 unspecified atom stereocenters. The van der Waals surface area contributed by atoms with Crippen LogP contribution in [0.3, 0.4) is 0 Å². The first-order valence-electron chi connectivity index (χ1n) is 5.93. The van der Waals surface area contributed by atoms with Crippen LogP contribution in [-0.2, 0) is 6.42 Å². The van der Waals surface area contributed by atoms with Crippen molar-refractivity contribution in [2.75, 3.05) is 11.9 Å². The Bertz CT molecular complexity index is 425. The molecule has 2 aromatic rings. The molecule has 0 fully saturated rings. The van der Waals surface area contributed by atoms with E-state index in [4.69, 9.17) is 5.73 Å². The molecule has 2 rings (SSSR count). The molecule has 2 aromatic carbocycles. The molecule has 2 nitrogen and oxygen atoms in total. The number of nitrogens with two attached hydrogens (primary N) is 1. The molecule has 0 heterocycles. The van der Waals surface area contributed by atoms with Crippen LogP contribution in [0.5, 0.6) is 0 Å². The van der Waals surface area contributed by atoms with Crippen LogP contribution in [0.4, 0.5) is 5.69 Å². The van der Waals surface area contributed by atoms with Gasteiger partial charge < -0.3 is 11.1 Å². The SMILES string of the molecule is N[C@H](CNc1ccccc1)Cc1ccccc1. The summed E-state index contributed by atoms with van der Waals surface area (Å²) < 4.78 is 0. The number of hydrogen-bond acceptors (Lipinski definition) is 2. The average Bonchev–Trinajstić information content (AvgIpc) is 2.39. The summed E-state index contributed by atoms with van der Waals surface area (Å²) >= 11 is 0. The summed E-state index contributed by atoms with van der Waals surface area (Å²) in [5.74, 6) is 0. The molecule has 88 valence electrons. The molecule has 3 N–H and O–H groups in total. The Balaban J connectivity index is 1.80. The van der Waals surface area contributed by atoms with Gasteiger partial charge in [-0.2, -0.15) is 0 Å². The number of hydrogen-bond donors (Lipinski definition) is 2. The van der Waals surface area contributed by atoms with Gasteiger partial charge in [-0.15, -0.1) is 0 Å². The van der Waals surface area contributed by atoms with Crippen molar-refractivity contribution in [3.63, 3.8) is 0 Å². The highest BCUT2D eigenvalue weighted by atomic mass is 14.9. The molecule has 0 aliphatic carbocycles. The number of benzene rings is 2. The van der Waals surface area contributed by atoms with E-state index in [1.54, 1.807) is 0 Å². The molecule has 0 aliphatic heterocycles. The maximum absolute atomic E-state index is 6.09. The Morgan fingerprint density at radius 1 is 0.882 bits per heavy atom. The fourth-order valence-electron chi connectivity index (χ4n) is 1.79. The van der Waals surface area contributed by atoms with E-state index in [-0.39, 0.29) is 6.04 Å². The van der Waals surface area contributed by atoms with Crippen molar-refractivity contribution >= 4 is 5.69 Å².